The van der Waals surface area contributed by atoms with Gasteiger partial charge < -0.3 is 15.0 Å². The summed E-state index contributed by atoms with van der Waals surface area (Å²) < 4.78 is 2.11. The quantitative estimate of drug-likeness (QED) is 0.726. The Labute approximate surface area is 89.3 Å². The highest BCUT2D eigenvalue weighted by Gasteiger charge is 2.25. The lowest BCUT2D eigenvalue weighted by atomic mass is 10.1. The summed E-state index contributed by atoms with van der Waals surface area (Å²) in [7, 11) is 0. The topological polar surface area (TPSA) is 50.1 Å². The average Bonchev–Trinajstić information content (AvgIpc) is 2.86. The molecule has 1 fully saturated rings. The summed E-state index contributed by atoms with van der Waals surface area (Å²) in [4.78, 5) is 4.56. The van der Waals surface area contributed by atoms with Crippen molar-refractivity contribution in [2.24, 2.45) is 0 Å². The first-order chi connectivity index (χ1) is 7.34. The molecule has 2 atom stereocenters. The smallest absolute Gasteiger partial charge is 0.138 e. The lowest BCUT2D eigenvalue weighted by Crippen LogP contribution is -2.15. The summed E-state index contributed by atoms with van der Waals surface area (Å²) in [5.41, 5.74) is 1.11. The molecule has 0 aromatic carbocycles. The summed E-state index contributed by atoms with van der Waals surface area (Å²) in [5, 5.41) is 13.3. The van der Waals surface area contributed by atoms with Crippen LogP contribution in [0.4, 0.5) is 0 Å². The standard InChI is InChI=1S/C11H17N3O/c15-10-4-2-6-14-7-9(13-11(10)14)8-3-1-5-12-8/h7-8,10,12,15H,1-6H2. The number of fused-ring (bicyclic) bond motifs is 1. The fraction of sp³-hybridized carbons (Fsp3) is 0.727. The predicted molar refractivity (Wildman–Crippen MR) is 56.4 cm³/mol. The van der Waals surface area contributed by atoms with Gasteiger partial charge in [-0.1, -0.05) is 0 Å². The van der Waals surface area contributed by atoms with Crippen LogP contribution >= 0.6 is 0 Å². The van der Waals surface area contributed by atoms with Crippen molar-refractivity contribution in [1.82, 2.24) is 14.9 Å². The maximum atomic E-state index is 9.81. The van der Waals surface area contributed by atoms with Crippen LogP contribution in [0.15, 0.2) is 6.20 Å². The molecule has 2 N–H and O–H groups in total. The first kappa shape index (κ1) is 9.36. The second-order valence-electron chi connectivity index (χ2n) is 4.52. The summed E-state index contributed by atoms with van der Waals surface area (Å²) in [5.74, 6) is 0.866. The van der Waals surface area contributed by atoms with E-state index in [1.54, 1.807) is 0 Å². The second kappa shape index (κ2) is 3.61. The van der Waals surface area contributed by atoms with Gasteiger partial charge >= 0.3 is 0 Å². The minimum absolute atomic E-state index is 0.353. The Morgan fingerprint density at radius 3 is 3.07 bits per heavy atom. The molecule has 1 aromatic heterocycles. The highest BCUT2D eigenvalue weighted by Crippen LogP contribution is 2.28. The van der Waals surface area contributed by atoms with Crippen LogP contribution in [-0.4, -0.2) is 21.2 Å². The Morgan fingerprint density at radius 1 is 1.40 bits per heavy atom. The molecule has 2 aliphatic rings. The van der Waals surface area contributed by atoms with Crippen molar-refractivity contribution in [3.63, 3.8) is 0 Å². The Kier molecular flexibility index (Phi) is 2.25. The molecule has 1 saturated heterocycles. The van der Waals surface area contributed by atoms with E-state index >= 15 is 0 Å². The Hall–Kier alpha value is -0.870. The summed E-state index contributed by atoms with van der Waals surface area (Å²) in [6, 6.07) is 0.412. The fourth-order valence-corrected chi connectivity index (χ4v) is 2.59. The molecule has 2 aliphatic heterocycles. The molecule has 0 aliphatic carbocycles. The van der Waals surface area contributed by atoms with Gasteiger partial charge in [0.15, 0.2) is 0 Å². The molecule has 0 saturated carbocycles. The molecule has 2 unspecified atom stereocenters. The second-order valence-corrected chi connectivity index (χ2v) is 4.52. The zero-order chi connectivity index (χ0) is 10.3. The van der Waals surface area contributed by atoms with Crippen molar-refractivity contribution >= 4 is 0 Å². The minimum Gasteiger partial charge on any atom is -0.385 e. The van der Waals surface area contributed by atoms with Crippen molar-refractivity contribution in [1.29, 1.82) is 0 Å². The Morgan fingerprint density at radius 2 is 2.33 bits per heavy atom. The number of nitrogens with one attached hydrogen (secondary N) is 1. The number of rotatable bonds is 1. The van der Waals surface area contributed by atoms with E-state index in [1.165, 1.54) is 12.8 Å². The molecule has 4 nitrogen and oxygen atoms in total. The highest BCUT2D eigenvalue weighted by molar-refractivity contribution is 5.13. The zero-order valence-electron chi connectivity index (χ0n) is 8.82. The van der Waals surface area contributed by atoms with Gasteiger partial charge in [-0.15, -0.1) is 0 Å². The van der Waals surface area contributed by atoms with E-state index in [0.717, 1.165) is 37.4 Å². The van der Waals surface area contributed by atoms with E-state index in [1.807, 2.05) is 0 Å². The lowest BCUT2D eigenvalue weighted by Gasteiger charge is -2.18. The van der Waals surface area contributed by atoms with Crippen LogP contribution < -0.4 is 5.32 Å². The molecule has 82 valence electrons. The van der Waals surface area contributed by atoms with Crippen LogP contribution in [0, 0.1) is 0 Å². The fourth-order valence-electron chi connectivity index (χ4n) is 2.59. The van der Waals surface area contributed by atoms with Crippen molar-refractivity contribution in [3.8, 4) is 0 Å². The maximum absolute atomic E-state index is 9.81. The molecule has 0 amide bonds. The predicted octanol–water partition coefficient (Wildman–Crippen LogP) is 1.13. The molecule has 0 radical (unpaired) electrons. The minimum atomic E-state index is -0.353. The molecule has 4 heteroatoms. The van der Waals surface area contributed by atoms with Crippen LogP contribution in [0.3, 0.4) is 0 Å². The molecule has 0 bridgehead atoms. The first-order valence-electron chi connectivity index (χ1n) is 5.83. The molecular formula is C11H17N3O. The van der Waals surface area contributed by atoms with Crippen molar-refractivity contribution < 1.29 is 5.11 Å². The number of aromatic nitrogens is 2. The number of aliphatic hydroxyl groups excluding tert-OH is 1. The number of aryl methyl sites for hydroxylation is 1. The number of hydrogen-bond donors (Lipinski definition) is 2. The number of imidazole rings is 1. The monoisotopic (exact) mass is 207 g/mol. The maximum Gasteiger partial charge on any atom is 0.138 e. The third-order valence-electron chi connectivity index (χ3n) is 3.42. The van der Waals surface area contributed by atoms with Gasteiger partial charge in [-0.25, -0.2) is 4.98 Å². The first-order valence-corrected chi connectivity index (χ1v) is 5.83. The molecule has 0 spiro atoms. The number of hydrogen-bond acceptors (Lipinski definition) is 3. The molecule has 1 aromatic rings. The number of nitrogens with zero attached hydrogens (tertiary/aromatic N) is 2. The largest absolute Gasteiger partial charge is 0.385 e. The van der Waals surface area contributed by atoms with Crippen LogP contribution in [0.25, 0.3) is 0 Å². The van der Waals surface area contributed by atoms with Gasteiger partial charge in [0.05, 0.1) is 11.7 Å². The van der Waals surface area contributed by atoms with E-state index in [2.05, 4.69) is 21.1 Å². The summed E-state index contributed by atoms with van der Waals surface area (Å²) >= 11 is 0. The van der Waals surface area contributed by atoms with Gasteiger partial charge in [0, 0.05) is 12.7 Å². The van der Waals surface area contributed by atoms with Gasteiger partial charge in [-0.05, 0) is 32.2 Å². The van der Waals surface area contributed by atoms with E-state index < -0.39 is 0 Å². The third-order valence-corrected chi connectivity index (χ3v) is 3.42. The van der Waals surface area contributed by atoms with Crippen LogP contribution in [-0.2, 0) is 6.54 Å². The molecular weight excluding hydrogens is 190 g/mol. The highest BCUT2D eigenvalue weighted by atomic mass is 16.3. The van der Waals surface area contributed by atoms with Gasteiger partial charge in [0.1, 0.15) is 11.9 Å². The average molecular weight is 207 g/mol. The van der Waals surface area contributed by atoms with E-state index in [0.29, 0.717) is 6.04 Å². The van der Waals surface area contributed by atoms with Gasteiger partial charge in [0.2, 0.25) is 0 Å². The van der Waals surface area contributed by atoms with Crippen molar-refractivity contribution in [2.75, 3.05) is 6.54 Å². The summed E-state index contributed by atoms with van der Waals surface area (Å²) in [6.45, 7) is 2.10. The Balaban J connectivity index is 1.90. The van der Waals surface area contributed by atoms with Gasteiger partial charge in [0.25, 0.3) is 0 Å². The molecule has 3 heterocycles. The third kappa shape index (κ3) is 1.58. The van der Waals surface area contributed by atoms with Crippen molar-refractivity contribution in [2.45, 2.75) is 44.4 Å². The number of aliphatic hydroxyl groups is 1. The van der Waals surface area contributed by atoms with Crippen molar-refractivity contribution in [3.05, 3.63) is 17.7 Å². The molecule has 3 rings (SSSR count). The van der Waals surface area contributed by atoms with Crippen LogP contribution in [0.5, 0.6) is 0 Å². The lowest BCUT2D eigenvalue weighted by molar-refractivity contribution is 0.133. The summed E-state index contributed by atoms with van der Waals surface area (Å²) in [6.07, 6.45) is 6.08. The Bertz CT molecular complexity index is 355. The SMILES string of the molecule is OC1CCCn2cc(C3CCCN3)nc21. The normalized spacial score (nSPS) is 30.5. The molecule has 15 heavy (non-hydrogen) atoms. The van der Waals surface area contributed by atoms with Gasteiger partial charge in [-0.3, -0.25) is 0 Å². The van der Waals surface area contributed by atoms with Gasteiger partial charge in [-0.2, -0.15) is 0 Å². The zero-order valence-corrected chi connectivity index (χ0v) is 8.82. The van der Waals surface area contributed by atoms with Crippen LogP contribution in [0.1, 0.15) is 49.3 Å². The van der Waals surface area contributed by atoms with E-state index in [9.17, 15) is 5.11 Å². The van der Waals surface area contributed by atoms with E-state index in [-0.39, 0.29) is 6.10 Å². The van der Waals surface area contributed by atoms with E-state index in [4.69, 9.17) is 0 Å². The van der Waals surface area contributed by atoms with Crippen LogP contribution in [0.2, 0.25) is 0 Å².